The van der Waals surface area contributed by atoms with Gasteiger partial charge in [-0.2, -0.15) is 5.26 Å². The number of hydrogen-bond donors (Lipinski definition) is 1. The van der Waals surface area contributed by atoms with Crippen molar-refractivity contribution < 1.29 is 4.79 Å². The Kier molecular flexibility index (Phi) is 5.41. The van der Waals surface area contributed by atoms with Crippen LogP contribution in [0.15, 0.2) is 0 Å². The zero-order chi connectivity index (χ0) is 11.0. The van der Waals surface area contributed by atoms with Gasteiger partial charge in [-0.25, -0.2) is 0 Å². The Morgan fingerprint density at radius 3 is 2.64 bits per heavy atom. The Labute approximate surface area is 85.5 Å². The monoisotopic (exact) mass is 192 g/mol. The molecule has 0 heterocycles. The van der Waals surface area contributed by atoms with Gasteiger partial charge in [-0.3, -0.25) is 4.79 Å². The number of hydrogen-bond acceptors (Lipinski definition) is 2. The van der Waals surface area contributed by atoms with Gasteiger partial charge in [0.2, 0.25) is 5.91 Å². The normalized spacial score (nSPS) is 13.0. The van der Waals surface area contributed by atoms with E-state index in [2.05, 4.69) is 17.2 Å². The van der Waals surface area contributed by atoms with Gasteiger partial charge < -0.3 is 5.32 Å². The Hall–Kier alpha value is -1.48. The molecule has 0 aliphatic rings. The molecule has 0 aromatic heterocycles. The lowest BCUT2D eigenvalue weighted by atomic mass is 9.88. The summed E-state index contributed by atoms with van der Waals surface area (Å²) >= 11 is 0. The lowest BCUT2D eigenvalue weighted by Gasteiger charge is -2.17. The molecule has 0 aromatic carbocycles. The summed E-state index contributed by atoms with van der Waals surface area (Å²) in [6, 6.07) is 2.02. The van der Waals surface area contributed by atoms with E-state index in [4.69, 9.17) is 5.26 Å². The summed E-state index contributed by atoms with van der Waals surface area (Å²) < 4.78 is 0. The smallest absolute Gasteiger partial charge is 0.240 e. The van der Waals surface area contributed by atoms with Crippen molar-refractivity contribution in [2.24, 2.45) is 5.41 Å². The zero-order valence-electron chi connectivity index (χ0n) is 8.98. The standard InChI is InChI=1S/C11H16N2O/c1-4-6-7-8-13-10(14)11(3,5-2)9-12/h5,7-8H2,1-3H3,(H,13,14). The summed E-state index contributed by atoms with van der Waals surface area (Å²) in [4.78, 5) is 11.5. The molecule has 76 valence electrons. The molecule has 3 heteroatoms. The maximum absolute atomic E-state index is 11.5. The van der Waals surface area contributed by atoms with Crippen LogP contribution in [0.2, 0.25) is 0 Å². The maximum atomic E-state index is 11.5. The van der Waals surface area contributed by atoms with Crippen LogP contribution in [-0.2, 0) is 4.79 Å². The molecular formula is C11H16N2O. The molecule has 1 unspecified atom stereocenters. The molecule has 1 N–H and O–H groups in total. The Balaban J connectivity index is 4.06. The van der Waals surface area contributed by atoms with Crippen molar-refractivity contribution in [1.82, 2.24) is 5.32 Å². The van der Waals surface area contributed by atoms with Gasteiger partial charge in [0, 0.05) is 13.0 Å². The first kappa shape index (κ1) is 12.5. The first-order chi connectivity index (χ1) is 6.60. The van der Waals surface area contributed by atoms with Gasteiger partial charge in [0.05, 0.1) is 6.07 Å². The molecular weight excluding hydrogens is 176 g/mol. The molecule has 3 nitrogen and oxygen atoms in total. The van der Waals surface area contributed by atoms with Gasteiger partial charge in [-0.1, -0.05) is 6.92 Å². The quantitative estimate of drug-likeness (QED) is 0.541. The lowest BCUT2D eigenvalue weighted by molar-refractivity contribution is -0.127. The second-order valence-corrected chi connectivity index (χ2v) is 3.23. The van der Waals surface area contributed by atoms with Crippen molar-refractivity contribution in [3.63, 3.8) is 0 Å². The van der Waals surface area contributed by atoms with E-state index in [0.29, 0.717) is 19.4 Å². The van der Waals surface area contributed by atoms with E-state index in [1.54, 1.807) is 13.8 Å². The third kappa shape index (κ3) is 3.49. The molecule has 0 aliphatic heterocycles. The van der Waals surface area contributed by atoms with E-state index in [1.807, 2.05) is 13.0 Å². The fourth-order valence-electron chi connectivity index (χ4n) is 0.849. The van der Waals surface area contributed by atoms with Crippen LogP contribution in [0.4, 0.5) is 0 Å². The Morgan fingerprint density at radius 1 is 1.57 bits per heavy atom. The summed E-state index contributed by atoms with van der Waals surface area (Å²) in [7, 11) is 0. The fourth-order valence-corrected chi connectivity index (χ4v) is 0.849. The molecule has 1 amide bonds. The summed E-state index contributed by atoms with van der Waals surface area (Å²) in [5.74, 6) is 5.38. The molecule has 0 aromatic rings. The van der Waals surface area contributed by atoms with E-state index < -0.39 is 5.41 Å². The molecule has 0 saturated heterocycles. The van der Waals surface area contributed by atoms with Gasteiger partial charge >= 0.3 is 0 Å². The number of nitrogens with one attached hydrogen (secondary N) is 1. The molecule has 0 bridgehead atoms. The summed E-state index contributed by atoms with van der Waals surface area (Å²) in [6.07, 6.45) is 1.16. The molecule has 1 atom stereocenters. The van der Waals surface area contributed by atoms with Gasteiger partial charge in [0.25, 0.3) is 0 Å². The van der Waals surface area contributed by atoms with Crippen LogP contribution in [0, 0.1) is 28.6 Å². The Morgan fingerprint density at radius 2 is 2.21 bits per heavy atom. The fraction of sp³-hybridized carbons (Fsp3) is 0.636. The lowest BCUT2D eigenvalue weighted by Crippen LogP contribution is -2.37. The van der Waals surface area contributed by atoms with Gasteiger partial charge in [-0.15, -0.1) is 11.8 Å². The Bertz CT molecular complexity index is 293. The van der Waals surface area contributed by atoms with Gasteiger partial charge in [-0.05, 0) is 20.3 Å². The van der Waals surface area contributed by atoms with Crippen molar-refractivity contribution >= 4 is 5.91 Å². The minimum absolute atomic E-state index is 0.208. The average molecular weight is 192 g/mol. The predicted molar refractivity (Wildman–Crippen MR) is 55.1 cm³/mol. The SMILES string of the molecule is CC#CCCNC(=O)C(C)(C#N)CC. The van der Waals surface area contributed by atoms with Gasteiger partial charge in [0.1, 0.15) is 5.41 Å². The molecule has 0 saturated carbocycles. The summed E-state index contributed by atoms with van der Waals surface area (Å²) in [6.45, 7) is 5.74. The largest absolute Gasteiger partial charge is 0.354 e. The first-order valence-corrected chi connectivity index (χ1v) is 4.70. The van der Waals surface area contributed by atoms with Crippen LogP contribution < -0.4 is 5.32 Å². The van der Waals surface area contributed by atoms with Gasteiger partial charge in [0.15, 0.2) is 0 Å². The molecule has 0 fully saturated rings. The third-order valence-corrected chi connectivity index (χ3v) is 2.17. The van der Waals surface area contributed by atoms with E-state index in [0.717, 1.165) is 0 Å². The van der Waals surface area contributed by atoms with Crippen molar-refractivity contribution in [2.45, 2.75) is 33.6 Å². The van der Waals surface area contributed by atoms with Crippen molar-refractivity contribution in [3.05, 3.63) is 0 Å². The van der Waals surface area contributed by atoms with E-state index >= 15 is 0 Å². The van der Waals surface area contributed by atoms with Crippen LogP contribution in [0.1, 0.15) is 33.6 Å². The number of rotatable bonds is 4. The zero-order valence-corrected chi connectivity index (χ0v) is 8.98. The van der Waals surface area contributed by atoms with Crippen molar-refractivity contribution in [2.75, 3.05) is 6.54 Å². The highest BCUT2D eigenvalue weighted by Gasteiger charge is 2.30. The van der Waals surface area contributed by atoms with Crippen LogP contribution in [0.25, 0.3) is 0 Å². The number of carbonyl (C=O) groups excluding carboxylic acids is 1. The predicted octanol–water partition coefficient (Wildman–Crippen LogP) is 1.46. The third-order valence-electron chi connectivity index (χ3n) is 2.17. The highest BCUT2D eigenvalue weighted by atomic mass is 16.2. The summed E-state index contributed by atoms with van der Waals surface area (Å²) in [5, 5.41) is 11.5. The molecule has 0 spiro atoms. The molecule has 0 rings (SSSR count). The molecule has 14 heavy (non-hydrogen) atoms. The highest BCUT2D eigenvalue weighted by molar-refractivity contribution is 5.84. The van der Waals surface area contributed by atoms with E-state index in [-0.39, 0.29) is 5.91 Å². The minimum atomic E-state index is -0.903. The summed E-state index contributed by atoms with van der Waals surface area (Å²) in [5.41, 5.74) is -0.903. The van der Waals surface area contributed by atoms with E-state index in [1.165, 1.54) is 0 Å². The molecule has 0 aliphatic carbocycles. The second-order valence-electron chi connectivity index (χ2n) is 3.23. The van der Waals surface area contributed by atoms with E-state index in [9.17, 15) is 4.79 Å². The van der Waals surface area contributed by atoms with Crippen LogP contribution in [0.5, 0.6) is 0 Å². The van der Waals surface area contributed by atoms with Crippen molar-refractivity contribution in [1.29, 1.82) is 5.26 Å². The topological polar surface area (TPSA) is 52.9 Å². The highest BCUT2D eigenvalue weighted by Crippen LogP contribution is 2.19. The number of carbonyl (C=O) groups is 1. The second kappa shape index (κ2) is 6.05. The van der Waals surface area contributed by atoms with Crippen LogP contribution in [-0.4, -0.2) is 12.5 Å². The molecule has 0 radical (unpaired) electrons. The first-order valence-electron chi connectivity index (χ1n) is 4.70. The van der Waals surface area contributed by atoms with Crippen LogP contribution in [0.3, 0.4) is 0 Å². The average Bonchev–Trinajstić information content (AvgIpc) is 2.22. The number of amides is 1. The number of nitriles is 1. The van der Waals surface area contributed by atoms with Crippen molar-refractivity contribution in [3.8, 4) is 17.9 Å². The van der Waals surface area contributed by atoms with Crippen LogP contribution >= 0.6 is 0 Å². The maximum Gasteiger partial charge on any atom is 0.240 e. The minimum Gasteiger partial charge on any atom is -0.354 e. The number of nitrogens with zero attached hydrogens (tertiary/aromatic N) is 1.